The number of hydrogen-bond donors (Lipinski definition) is 1. The molecule has 2 aromatic carbocycles. The lowest BCUT2D eigenvalue weighted by Gasteiger charge is -2.05. The summed E-state index contributed by atoms with van der Waals surface area (Å²) in [6.07, 6.45) is 1.63. The van der Waals surface area contributed by atoms with Crippen molar-refractivity contribution >= 4 is 5.91 Å². The molecule has 134 valence electrons. The zero-order chi connectivity index (χ0) is 18.4. The third-order valence-electron chi connectivity index (χ3n) is 3.97. The van der Waals surface area contributed by atoms with Crippen molar-refractivity contribution in [1.82, 2.24) is 20.3 Å². The molecule has 6 nitrogen and oxygen atoms in total. The van der Waals surface area contributed by atoms with E-state index in [-0.39, 0.29) is 5.91 Å². The highest BCUT2D eigenvalue weighted by molar-refractivity contribution is 5.91. The monoisotopic (exact) mass is 350 g/mol. The van der Waals surface area contributed by atoms with Gasteiger partial charge in [0.05, 0.1) is 18.5 Å². The van der Waals surface area contributed by atoms with Gasteiger partial charge >= 0.3 is 0 Å². The number of aromatic nitrogens is 3. The van der Waals surface area contributed by atoms with Crippen molar-refractivity contribution < 1.29 is 9.53 Å². The van der Waals surface area contributed by atoms with Crippen molar-refractivity contribution in [3.05, 3.63) is 77.1 Å². The Morgan fingerprint density at radius 1 is 1.08 bits per heavy atom. The van der Waals surface area contributed by atoms with Crippen molar-refractivity contribution in [2.24, 2.45) is 0 Å². The Morgan fingerprint density at radius 3 is 2.46 bits per heavy atom. The van der Waals surface area contributed by atoms with Crippen molar-refractivity contribution in [2.75, 3.05) is 6.61 Å². The van der Waals surface area contributed by atoms with Gasteiger partial charge in [-0.25, -0.2) is 4.68 Å². The first-order chi connectivity index (χ1) is 12.7. The van der Waals surface area contributed by atoms with E-state index in [1.807, 2.05) is 62.4 Å². The predicted octanol–water partition coefficient (Wildman–Crippen LogP) is 3.04. The summed E-state index contributed by atoms with van der Waals surface area (Å²) >= 11 is 0. The number of benzene rings is 2. The number of nitrogens with one attached hydrogen (secondary N) is 1. The van der Waals surface area contributed by atoms with Gasteiger partial charge in [0.1, 0.15) is 0 Å². The third kappa shape index (κ3) is 4.55. The molecule has 0 aliphatic heterocycles. The van der Waals surface area contributed by atoms with E-state index in [4.69, 9.17) is 4.74 Å². The number of aryl methyl sites for hydroxylation is 1. The van der Waals surface area contributed by atoms with E-state index in [1.54, 1.807) is 10.9 Å². The van der Waals surface area contributed by atoms with Crippen molar-refractivity contribution in [3.8, 4) is 5.69 Å². The molecule has 0 atom stereocenters. The zero-order valence-corrected chi connectivity index (χ0v) is 15.0. The zero-order valence-electron chi connectivity index (χ0n) is 15.0. The Labute approximate surface area is 152 Å². The number of carbonyl (C=O) groups is 1. The molecule has 0 saturated carbocycles. The van der Waals surface area contributed by atoms with Crippen molar-refractivity contribution in [2.45, 2.75) is 27.0 Å². The lowest BCUT2D eigenvalue weighted by molar-refractivity contribution is 0.0946. The molecule has 3 aromatic rings. The van der Waals surface area contributed by atoms with Crippen LogP contribution in [0, 0.1) is 6.92 Å². The molecule has 0 saturated heterocycles. The number of ether oxygens (including phenoxy) is 1. The van der Waals surface area contributed by atoms with E-state index in [2.05, 4.69) is 15.6 Å². The van der Waals surface area contributed by atoms with Crippen LogP contribution in [0.1, 0.15) is 34.1 Å². The van der Waals surface area contributed by atoms with Gasteiger partial charge in [0, 0.05) is 13.2 Å². The van der Waals surface area contributed by atoms with E-state index in [1.165, 1.54) is 5.56 Å². The number of rotatable bonds is 7. The Kier molecular flexibility index (Phi) is 5.76. The molecule has 0 bridgehead atoms. The van der Waals surface area contributed by atoms with Gasteiger partial charge in [-0.05, 0) is 37.1 Å². The Hall–Kier alpha value is -2.99. The number of hydrogen-bond acceptors (Lipinski definition) is 4. The number of amides is 1. The predicted molar refractivity (Wildman–Crippen MR) is 99.0 cm³/mol. The Morgan fingerprint density at radius 2 is 1.77 bits per heavy atom. The first-order valence-corrected chi connectivity index (χ1v) is 8.59. The number of carbonyl (C=O) groups excluding carboxylic acids is 1. The molecule has 1 N–H and O–H groups in total. The van der Waals surface area contributed by atoms with Crippen LogP contribution in [0.2, 0.25) is 0 Å². The molecular formula is C20H22N4O2. The van der Waals surface area contributed by atoms with Gasteiger partial charge in [-0.3, -0.25) is 4.79 Å². The summed E-state index contributed by atoms with van der Waals surface area (Å²) in [5, 5.41) is 10.8. The lowest BCUT2D eigenvalue weighted by Crippen LogP contribution is -2.23. The average molecular weight is 350 g/mol. The van der Waals surface area contributed by atoms with Gasteiger partial charge in [-0.1, -0.05) is 47.2 Å². The Bertz CT molecular complexity index is 854. The standard InChI is InChI=1S/C20H22N4O2/c1-3-26-14-17-8-6-16(7-9-17)12-21-20(25)19-13-24(23-22-19)18-10-4-15(2)5-11-18/h4-11,13H,3,12,14H2,1-2H3,(H,21,25). The highest BCUT2D eigenvalue weighted by Gasteiger charge is 2.11. The van der Waals surface area contributed by atoms with Crippen molar-refractivity contribution in [1.29, 1.82) is 0 Å². The molecule has 1 heterocycles. The van der Waals surface area contributed by atoms with Gasteiger partial charge in [-0.2, -0.15) is 0 Å². The fourth-order valence-corrected chi connectivity index (χ4v) is 2.44. The maximum Gasteiger partial charge on any atom is 0.273 e. The molecule has 26 heavy (non-hydrogen) atoms. The van der Waals surface area contributed by atoms with Crippen LogP contribution >= 0.6 is 0 Å². The minimum Gasteiger partial charge on any atom is -0.377 e. The van der Waals surface area contributed by atoms with E-state index in [9.17, 15) is 4.79 Å². The quantitative estimate of drug-likeness (QED) is 0.711. The molecule has 0 aliphatic carbocycles. The highest BCUT2D eigenvalue weighted by atomic mass is 16.5. The van der Waals surface area contributed by atoms with Gasteiger partial charge in [0.2, 0.25) is 0 Å². The summed E-state index contributed by atoms with van der Waals surface area (Å²) in [4.78, 5) is 12.3. The lowest BCUT2D eigenvalue weighted by atomic mass is 10.1. The van der Waals surface area contributed by atoms with Crippen LogP contribution in [-0.4, -0.2) is 27.5 Å². The summed E-state index contributed by atoms with van der Waals surface area (Å²) in [5.74, 6) is -0.248. The molecule has 0 fully saturated rings. The van der Waals surface area contributed by atoms with Crippen LogP contribution in [0.15, 0.2) is 54.7 Å². The van der Waals surface area contributed by atoms with Crippen LogP contribution in [0.25, 0.3) is 5.69 Å². The minimum absolute atomic E-state index is 0.248. The summed E-state index contributed by atoms with van der Waals surface area (Å²) < 4.78 is 6.97. The molecule has 1 amide bonds. The van der Waals surface area contributed by atoms with Crippen LogP contribution < -0.4 is 5.32 Å². The molecule has 3 rings (SSSR count). The minimum atomic E-state index is -0.248. The third-order valence-corrected chi connectivity index (χ3v) is 3.97. The topological polar surface area (TPSA) is 69.0 Å². The summed E-state index contributed by atoms with van der Waals surface area (Å²) in [7, 11) is 0. The second-order valence-electron chi connectivity index (χ2n) is 6.02. The highest BCUT2D eigenvalue weighted by Crippen LogP contribution is 2.09. The van der Waals surface area contributed by atoms with Crippen LogP contribution in [0.5, 0.6) is 0 Å². The van der Waals surface area contributed by atoms with E-state index in [0.29, 0.717) is 25.5 Å². The van der Waals surface area contributed by atoms with Gasteiger partial charge in [0.25, 0.3) is 5.91 Å². The first kappa shape index (κ1) is 17.8. The first-order valence-electron chi connectivity index (χ1n) is 8.59. The fraction of sp³-hybridized carbons (Fsp3) is 0.250. The molecular weight excluding hydrogens is 328 g/mol. The molecule has 0 radical (unpaired) electrons. The summed E-state index contributed by atoms with van der Waals surface area (Å²) in [6.45, 7) is 5.73. The normalized spacial score (nSPS) is 10.7. The smallest absolute Gasteiger partial charge is 0.273 e. The summed E-state index contributed by atoms with van der Waals surface area (Å²) in [5.41, 5.74) is 4.46. The van der Waals surface area contributed by atoms with E-state index in [0.717, 1.165) is 16.8 Å². The second-order valence-corrected chi connectivity index (χ2v) is 6.02. The largest absolute Gasteiger partial charge is 0.377 e. The van der Waals surface area contributed by atoms with E-state index >= 15 is 0 Å². The van der Waals surface area contributed by atoms with Crippen LogP contribution in [0.4, 0.5) is 0 Å². The van der Waals surface area contributed by atoms with Gasteiger partial charge in [0.15, 0.2) is 5.69 Å². The summed E-state index contributed by atoms with van der Waals surface area (Å²) in [6, 6.07) is 15.8. The second kappa shape index (κ2) is 8.40. The molecule has 0 unspecified atom stereocenters. The van der Waals surface area contributed by atoms with Crippen LogP contribution in [0.3, 0.4) is 0 Å². The molecule has 0 spiro atoms. The molecule has 6 heteroatoms. The van der Waals surface area contributed by atoms with Crippen molar-refractivity contribution in [3.63, 3.8) is 0 Å². The fourth-order valence-electron chi connectivity index (χ4n) is 2.44. The molecule has 1 aromatic heterocycles. The van der Waals surface area contributed by atoms with Gasteiger partial charge in [-0.15, -0.1) is 5.10 Å². The average Bonchev–Trinajstić information content (AvgIpc) is 3.16. The maximum absolute atomic E-state index is 12.3. The van der Waals surface area contributed by atoms with Crippen LogP contribution in [-0.2, 0) is 17.9 Å². The van der Waals surface area contributed by atoms with E-state index < -0.39 is 0 Å². The molecule has 0 aliphatic rings. The Balaban J connectivity index is 1.57. The van der Waals surface area contributed by atoms with Gasteiger partial charge < -0.3 is 10.1 Å². The number of nitrogens with zero attached hydrogens (tertiary/aromatic N) is 3. The maximum atomic E-state index is 12.3. The SMILES string of the molecule is CCOCc1ccc(CNC(=O)c2cn(-c3ccc(C)cc3)nn2)cc1.